The summed E-state index contributed by atoms with van der Waals surface area (Å²) < 4.78 is 40.7. The molecule has 1 saturated heterocycles. The van der Waals surface area contributed by atoms with Crippen molar-refractivity contribution < 1.29 is 18.0 Å². The highest BCUT2D eigenvalue weighted by Gasteiger charge is 2.30. The van der Waals surface area contributed by atoms with Gasteiger partial charge in [-0.15, -0.1) is 0 Å². The zero-order valence-electron chi connectivity index (χ0n) is 20.3. The van der Waals surface area contributed by atoms with Crippen LogP contribution < -0.4 is 5.32 Å². The van der Waals surface area contributed by atoms with Crippen molar-refractivity contribution in [1.82, 2.24) is 19.6 Å². The predicted octanol–water partition coefficient (Wildman–Crippen LogP) is 5.55. The number of halogens is 3. The fraction of sp³-hybridized carbons (Fsp3) is 0.481. The maximum absolute atomic E-state index is 13.1. The molecule has 5 nitrogen and oxygen atoms in total. The van der Waals surface area contributed by atoms with Crippen LogP contribution in [0, 0.1) is 5.92 Å². The summed E-state index contributed by atoms with van der Waals surface area (Å²) in [5.41, 5.74) is 2.31. The minimum absolute atomic E-state index is 0.0840. The summed E-state index contributed by atoms with van der Waals surface area (Å²) >= 11 is 0. The Hall–Kier alpha value is -2.87. The second-order valence-corrected chi connectivity index (χ2v) is 9.83. The highest BCUT2D eigenvalue weighted by molar-refractivity contribution is 5.93. The lowest BCUT2D eigenvalue weighted by molar-refractivity contribution is -0.137. The molecule has 0 aliphatic carbocycles. The van der Waals surface area contributed by atoms with Crippen molar-refractivity contribution in [3.8, 4) is 0 Å². The van der Waals surface area contributed by atoms with Crippen LogP contribution in [0.3, 0.4) is 0 Å². The van der Waals surface area contributed by atoms with E-state index in [1.165, 1.54) is 25.0 Å². The maximum atomic E-state index is 13.1. The molecule has 4 rings (SSSR count). The first-order chi connectivity index (χ1) is 16.7. The second kappa shape index (κ2) is 10.8. The van der Waals surface area contributed by atoms with Gasteiger partial charge in [0.1, 0.15) is 11.3 Å². The van der Waals surface area contributed by atoms with Gasteiger partial charge in [-0.2, -0.15) is 13.2 Å². The molecule has 1 N–H and O–H groups in total. The van der Waals surface area contributed by atoms with Gasteiger partial charge in [0.05, 0.1) is 11.3 Å². The van der Waals surface area contributed by atoms with Crippen LogP contribution >= 0.6 is 0 Å². The van der Waals surface area contributed by atoms with Crippen LogP contribution in [-0.2, 0) is 12.6 Å². The topological polar surface area (TPSA) is 49.6 Å². The van der Waals surface area contributed by atoms with Crippen LogP contribution in [0.15, 0.2) is 48.7 Å². The Balaban J connectivity index is 1.45. The monoisotopic (exact) mass is 486 g/mol. The highest BCUT2D eigenvalue weighted by Crippen LogP contribution is 2.31. The zero-order valence-corrected chi connectivity index (χ0v) is 20.3. The molecule has 188 valence electrons. The maximum Gasteiger partial charge on any atom is 0.416 e. The molecule has 1 amide bonds. The van der Waals surface area contributed by atoms with E-state index < -0.39 is 11.7 Å². The van der Waals surface area contributed by atoms with Gasteiger partial charge >= 0.3 is 6.18 Å². The number of nitrogens with one attached hydrogen (secondary N) is 1. The van der Waals surface area contributed by atoms with Crippen LogP contribution in [0.25, 0.3) is 5.65 Å². The Morgan fingerprint density at radius 2 is 1.80 bits per heavy atom. The van der Waals surface area contributed by atoms with Gasteiger partial charge in [-0.3, -0.25) is 9.20 Å². The fourth-order valence-corrected chi connectivity index (χ4v) is 4.80. The number of rotatable bonds is 9. The number of amides is 1. The van der Waals surface area contributed by atoms with Gasteiger partial charge < -0.3 is 10.2 Å². The number of carbonyl (C=O) groups is 1. The largest absolute Gasteiger partial charge is 0.416 e. The van der Waals surface area contributed by atoms with E-state index in [0.717, 1.165) is 61.5 Å². The summed E-state index contributed by atoms with van der Waals surface area (Å²) in [5, 5.41) is 3.01. The van der Waals surface area contributed by atoms with Crippen LogP contribution in [0.1, 0.15) is 66.3 Å². The van der Waals surface area contributed by atoms with Gasteiger partial charge in [0.25, 0.3) is 5.91 Å². The van der Waals surface area contributed by atoms with Gasteiger partial charge in [-0.05, 0) is 68.1 Å². The van der Waals surface area contributed by atoms with Crippen molar-refractivity contribution in [2.75, 3.05) is 26.2 Å². The Labute approximate surface area is 204 Å². The molecule has 1 aliphatic heterocycles. The van der Waals surface area contributed by atoms with Gasteiger partial charge in [0.2, 0.25) is 0 Å². The quantitative estimate of drug-likeness (QED) is 0.431. The average molecular weight is 487 g/mol. The van der Waals surface area contributed by atoms with E-state index >= 15 is 0 Å². The molecule has 0 bridgehead atoms. The Kier molecular flexibility index (Phi) is 7.79. The number of likely N-dealkylation sites (tertiary alicyclic amines) is 1. The number of imidazole rings is 1. The van der Waals surface area contributed by atoms with Crippen molar-refractivity contribution in [2.24, 2.45) is 5.92 Å². The summed E-state index contributed by atoms with van der Waals surface area (Å²) in [6, 6.07) is 10.7. The Bertz CT molecular complexity index is 1130. The summed E-state index contributed by atoms with van der Waals surface area (Å²) in [4.78, 5) is 20.3. The normalized spacial score (nSPS) is 15.7. The number of hydrogen-bond acceptors (Lipinski definition) is 3. The number of alkyl halides is 3. The van der Waals surface area contributed by atoms with Crippen LogP contribution in [0.2, 0.25) is 0 Å². The average Bonchev–Trinajstić information content (AvgIpc) is 3.48. The first-order valence-corrected chi connectivity index (χ1v) is 12.4. The van der Waals surface area contributed by atoms with Crippen molar-refractivity contribution in [1.29, 1.82) is 0 Å². The molecule has 3 heterocycles. The van der Waals surface area contributed by atoms with E-state index in [1.807, 2.05) is 22.7 Å². The summed E-state index contributed by atoms with van der Waals surface area (Å²) in [6.45, 7) is 7.71. The molecule has 2 aromatic heterocycles. The minimum atomic E-state index is -4.36. The van der Waals surface area contributed by atoms with Crippen molar-refractivity contribution in [3.63, 3.8) is 0 Å². The zero-order chi connectivity index (χ0) is 25.0. The van der Waals surface area contributed by atoms with Crippen LogP contribution in [-0.4, -0.2) is 46.4 Å². The van der Waals surface area contributed by atoms with Gasteiger partial charge in [0.15, 0.2) is 0 Å². The number of benzene rings is 1. The number of pyridine rings is 1. The van der Waals surface area contributed by atoms with Crippen molar-refractivity contribution in [3.05, 3.63) is 71.2 Å². The lowest BCUT2D eigenvalue weighted by atomic mass is 9.89. The Morgan fingerprint density at radius 1 is 1.09 bits per heavy atom. The SMILES string of the molecule is CC(C)CC(CNC(=O)c1cccc2nc(CCN3CCCC3)cn12)c1ccc(C(F)(F)F)cc1. The van der Waals surface area contributed by atoms with Gasteiger partial charge in [0, 0.05) is 31.6 Å². The molecule has 1 atom stereocenters. The van der Waals surface area contributed by atoms with E-state index in [4.69, 9.17) is 4.98 Å². The molecule has 1 unspecified atom stereocenters. The predicted molar refractivity (Wildman–Crippen MR) is 131 cm³/mol. The number of fused-ring (bicyclic) bond motifs is 1. The van der Waals surface area contributed by atoms with Gasteiger partial charge in [-0.25, -0.2) is 4.98 Å². The molecular formula is C27H33F3N4O. The second-order valence-electron chi connectivity index (χ2n) is 9.83. The molecular weight excluding hydrogens is 453 g/mol. The third-order valence-electron chi connectivity index (χ3n) is 6.63. The van der Waals surface area contributed by atoms with E-state index in [0.29, 0.717) is 18.2 Å². The molecule has 0 saturated carbocycles. The van der Waals surface area contributed by atoms with E-state index in [-0.39, 0.29) is 11.8 Å². The summed E-state index contributed by atoms with van der Waals surface area (Å²) in [5.74, 6) is 0.0217. The molecule has 1 aromatic carbocycles. The molecule has 3 aromatic rings. The standard InChI is InChI=1S/C27H33F3N4O/c1-19(2)16-21(20-8-10-22(11-9-20)27(28,29)30)17-31-26(35)24-6-5-7-25-32-23(18-34(24)25)12-15-33-13-3-4-14-33/h5-11,18-19,21H,3-4,12-17H2,1-2H3,(H,31,35). The smallest absolute Gasteiger partial charge is 0.350 e. The lowest BCUT2D eigenvalue weighted by Crippen LogP contribution is -2.30. The number of nitrogens with zero attached hydrogens (tertiary/aromatic N) is 3. The third kappa shape index (κ3) is 6.42. The third-order valence-corrected chi connectivity index (χ3v) is 6.63. The van der Waals surface area contributed by atoms with Crippen molar-refractivity contribution >= 4 is 11.6 Å². The molecule has 0 spiro atoms. The molecule has 35 heavy (non-hydrogen) atoms. The van der Waals surface area contributed by atoms with Crippen LogP contribution in [0.5, 0.6) is 0 Å². The van der Waals surface area contributed by atoms with Crippen molar-refractivity contribution in [2.45, 2.75) is 51.6 Å². The first-order valence-electron chi connectivity index (χ1n) is 12.4. The highest BCUT2D eigenvalue weighted by atomic mass is 19.4. The first kappa shape index (κ1) is 25.2. The van der Waals surface area contributed by atoms with Gasteiger partial charge in [-0.1, -0.05) is 32.0 Å². The van der Waals surface area contributed by atoms with E-state index in [1.54, 1.807) is 6.07 Å². The van der Waals surface area contributed by atoms with E-state index in [9.17, 15) is 18.0 Å². The number of hydrogen-bond donors (Lipinski definition) is 1. The number of aromatic nitrogens is 2. The number of carbonyl (C=O) groups excluding carboxylic acids is 1. The fourth-order valence-electron chi connectivity index (χ4n) is 4.80. The Morgan fingerprint density at radius 3 is 2.46 bits per heavy atom. The molecule has 1 fully saturated rings. The molecule has 1 aliphatic rings. The minimum Gasteiger partial charge on any atom is -0.350 e. The molecule has 0 radical (unpaired) electrons. The summed E-state index contributed by atoms with van der Waals surface area (Å²) in [7, 11) is 0. The summed E-state index contributed by atoms with van der Waals surface area (Å²) in [6.07, 6.45) is 1.66. The lowest BCUT2D eigenvalue weighted by Gasteiger charge is -2.21. The molecule has 8 heteroatoms. The van der Waals surface area contributed by atoms with Crippen LogP contribution in [0.4, 0.5) is 13.2 Å². The van der Waals surface area contributed by atoms with E-state index in [2.05, 4.69) is 24.1 Å².